The van der Waals surface area contributed by atoms with Crippen LogP contribution in [-0.4, -0.2) is 39.5 Å². The second-order valence-electron chi connectivity index (χ2n) is 8.38. The summed E-state index contributed by atoms with van der Waals surface area (Å²) < 4.78 is 46.6. The van der Waals surface area contributed by atoms with Crippen molar-refractivity contribution >= 4 is 17.2 Å². The van der Waals surface area contributed by atoms with E-state index in [0.29, 0.717) is 16.9 Å². The van der Waals surface area contributed by atoms with E-state index in [2.05, 4.69) is 20.7 Å². The number of benzene rings is 2. The lowest BCUT2D eigenvalue weighted by Crippen LogP contribution is -2.26. The molecular weight excluding hydrogens is 459 g/mol. The summed E-state index contributed by atoms with van der Waals surface area (Å²) in [6.07, 6.45) is 0.985. The molecule has 2 N–H and O–H groups in total. The number of nitrogens with zero attached hydrogens (tertiary/aromatic N) is 3. The van der Waals surface area contributed by atoms with Gasteiger partial charge in [0.25, 0.3) is 12.3 Å². The molecule has 1 aliphatic rings. The predicted octanol–water partition coefficient (Wildman–Crippen LogP) is 5.21. The summed E-state index contributed by atoms with van der Waals surface area (Å²) >= 11 is 0. The van der Waals surface area contributed by atoms with Crippen LogP contribution in [0.5, 0.6) is 11.6 Å². The molecule has 0 saturated heterocycles. The van der Waals surface area contributed by atoms with E-state index in [4.69, 9.17) is 4.74 Å². The lowest BCUT2D eigenvalue weighted by atomic mass is 10.0. The first-order valence-corrected chi connectivity index (χ1v) is 11.1. The van der Waals surface area contributed by atoms with Crippen LogP contribution in [0.4, 0.5) is 18.9 Å². The summed E-state index contributed by atoms with van der Waals surface area (Å²) in [4.78, 5) is 16.9. The highest BCUT2D eigenvalue weighted by molar-refractivity contribution is 5.96. The Morgan fingerprint density at radius 3 is 2.74 bits per heavy atom. The Hall–Kier alpha value is -4.08. The van der Waals surface area contributed by atoms with Crippen molar-refractivity contribution in [1.29, 1.82) is 0 Å². The molecule has 1 fully saturated rings. The standard InChI is InChI=1S/C25H22F3N5O2/c1-14-9-15(5-8-19(14)25(34)31-17-6-7-17)21-12-30-24-20(29-13-22(27)28)11-23(32-33(21)24)35-18-4-2-3-16(26)10-18/h2-5,8-12,17,22,29H,6-7,13H2,1H3,(H,31,34). The molecule has 0 spiro atoms. The maximum Gasteiger partial charge on any atom is 0.255 e. The number of alkyl halides is 2. The summed E-state index contributed by atoms with van der Waals surface area (Å²) in [7, 11) is 0. The molecule has 0 unspecified atom stereocenters. The summed E-state index contributed by atoms with van der Waals surface area (Å²) in [5.41, 5.74) is 3.27. The third kappa shape index (κ3) is 5.06. The van der Waals surface area contributed by atoms with Crippen LogP contribution < -0.4 is 15.4 Å². The van der Waals surface area contributed by atoms with Gasteiger partial charge in [0, 0.05) is 29.3 Å². The lowest BCUT2D eigenvalue weighted by Gasteiger charge is -2.12. The minimum absolute atomic E-state index is 0.0660. The largest absolute Gasteiger partial charge is 0.437 e. The van der Waals surface area contributed by atoms with E-state index in [-0.39, 0.29) is 29.3 Å². The molecule has 10 heteroatoms. The number of nitrogens with one attached hydrogen (secondary N) is 2. The molecule has 1 amide bonds. The fourth-order valence-electron chi connectivity index (χ4n) is 3.73. The van der Waals surface area contributed by atoms with Gasteiger partial charge in [-0.15, -0.1) is 5.10 Å². The van der Waals surface area contributed by atoms with Crippen LogP contribution in [0.15, 0.2) is 54.7 Å². The van der Waals surface area contributed by atoms with Gasteiger partial charge in [-0.2, -0.15) is 0 Å². The SMILES string of the molecule is Cc1cc(-c2cnc3c(NCC(F)F)cc(Oc4cccc(F)c4)nn23)ccc1C(=O)NC1CC1. The van der Waals surface area contributed by atoms with Crippen molar-refractivity contribution in [2.24, 2.45) is 0 Å². The zero-order valence-electron chi connectivity index (χ0n) is 18.8. The molecule has 0 atom stereocenters. The third-order valence-corrected chi connectivity index (χ3v) is 5.59. The van der Waals surface area contributed by atoms with Gasteiger partial charge in [0.1, 0.15) is 11.6 Å². The van der Waals surface area contributed by atoms with Crippen molar-refractivity contribution in [3.8, 4) is 22.9 Å². The summed E-state index contributed by atoms with van der Waals surface area (Å²) in [6, 6.07) is 12.6. The van der Waals surface area contributed by atoms with Crippen LogP contribution in [-0.2, 0) is 0 Å². The number of aromatic nitrogens is 3. The molecule has 180 valence electrons. The third-order valence-electron chi connectivity index (χ3n) is 5.59. The number of carbonyl (C=O) groups excluding carboxylic acids is 1. The van der Waals surface area contributed by atoms with E-state index >= 15 is 0 Å². The minimum atomic E-state index is -2.58. The molecule has 0 aliphatic heterocycles. The summed E-state index contributed by atoms with van der Waals surface area (Å²) in [5.74, 6) is -0.321. The number of aryl methyl sites for hydroxylation is 1. The number of ether oxygens (including phenoxy) is 1. The predicted molar refractivity (Wildman–Crippen MR) is 125 cm³/mol. The molecule has 2 aromatic carbocycles. The van der Waals surface area contributed by atoms with Gasteiger partial charge in [-0.1, -0.05) is 12.1 Å². The Balaban J connectivity index is 1.53. The Morgan fingerprint density at radius 1 is 1.20 bits per heavy atom. The number of hydrogen-bond acceptors (Lipinski definition) is 5. The lowest BCUT2D eigenvalue weighted by molar-refractivity contribution is 0.0950. The first-order valence-electron chi connectivity index (χ1n) is 11.1. The zero-order chi connectivity index (χ0) is 24.5. The molecule has 2 aromatic heterocycles. The number of imidazole rings is 1. The highest BCUT2D eigenvalue weighted by Crippen LogP contribution is 2.30. The van der Waals surface area contributed by atoms with Gasteiger partial charge in [0.05, 0.1) is 24.1 Å². The van der Waals surface area contributed by atoms with Crippen molar-refractivity contribution in [1.82, 2.24) is 19.9 Å². The van der Waals surface area contributed by atoms with E-state index in [1.165, 1.54) is 28.8 Å². The fraction of sp³-hybridized carbons (Fsp3) is 0.240. The normalized spacial score (nSPS) is 13.3. The van der Waals surface area contributed by atoms with Crippen molar-refractivity contribution in [3.05, 3.63) is 71.7 Å². The van der Waals surface area contributed by atoms with Crippen molar-refractivity contribution in [3.63, 3.8) is 0 Å². The molecule has 35 heavy (non-hydrogen) atoms. The Bertz CT molecular complexity index is 1400. The van der Waals surface area contributed by atoms with Crippen molar-refractivity contribution in [2.75, 3.05) is 11.9 Å². The second-order valence-corrected chi connectivity index (χ2v) is 8.38. The van der Waals surface area contributed by atoms with E-state index in [1.54, 1.807) is 24.4 Å². The Kier molecular flexibility index (Phi) is 6.02. The average Bonchev–Trinajstić information content (AvgIpc) is 3.52. The second kappa shape index (κ2) is 9.28. The molecule has 7 nitrogen and oxygen atoms in total. The van der Waals surface area contributed by atoms with Crippen LogP contribution in [0.25, 0.3) is 16.9 Å². The first kappa shape index (κ1) is 22.7. The molecule has 4 aromatic rings. The van der Waals surface area contributed by atoms with Crippen LogP contribution in [0.1, 0.15) is 28.8 Å². The van der Waals surface area contributed by atoms with Gasteiger partial charge in [-0.3, -0.25) is 4.79 Å². The van der Waals surface area contributed by atoms with Gasteiger partial charge in [0.2, 0.25) is 5.88 Å². The molecule has 0 bridgehead atoms. The monoisotopic (exact) mass is 481 g/mol. The van der Waals surface area contributed by atoms with Gasteiger partial charge in [-0.05, 0) is 49.6 Å². The number of rotatable bonds is 8. The molecule has 2 heterocycles. The van der Waals surface area contributed by atoms with Crippen LogP contribution in [0, 0.1) is 12.7 Å². The van der Waals surface area contributed by atoms with Crippen molar-refractivity contribution < 1.29 is 22.7 Å². The smallest absolute Gasteiger partial charge is 0.255 e. The Labute approximate surface area is 198 Å². The van der Waals surface area contributed by atoms with E-state index in [1.807, 2.05) is 13.0 Å². The average molecular weight is 481 g/mol. The van der Waals surface area contributed by atoms with Crippen LogP contribution >= 0.6 is 0 Å². The number of halogens is 3. The number of carbonyl (C=O) groups is 1. The summed E-state index contributed by atoms with van der Waals surface area (Å²) in [5, 5.41) is 10.1. The Morgan fingerprint density at radius 2 is 2.03 bits per heavy atom. The van der Waals surface area contributed by atoms with Gasteiger partial charge >= 0.3 is 0 Å². The maximum atomic E-state index is 13.6. The number of hydrogen-bond donors (Lipinski definition) is 2. The molecule has 5 rings (SSSR count). The summed E-state index contributed by atoms with van der Waals surface area (Å²) in [6.45, 7) is 1.25. The minimum Gasteiger partial charge on any atom is -0.437 e. The topological polar surface area (TPSA) is 80.6 Å². The highest BCUT2D eigenvalue weighted by atomic mass is 19.3. The van der Waals surface area contributed by atoms with Crippen LogP contribution in [0.2, 0.25) is 0 Å². The molecule has 0 radical (unpaired) electrons. The maximum absolute atomic E-state index is 13.6. The molecular formula is C25H22F3N5O2. The zero-order valence-corrected chi connectivity index (χ0v) is 18.8. The van der Waals surface area contributed by atoms with Crippen LogP contribution in [0.3, 0.4) is 0 Å². The van der Waals surface area contributed by atoms with Gasteiger partial charge in [-0.25, -0.2) is 22.7 Å². The fourth-order valence-corrected chi connectivity index (χ4v) is 3.73. The quantitative estimate of drug-likeness (QED) is 0.361. The molecule has 1 saturated carbocycles. The number of anilines is 1. The first-order chi connectivity index (χ1) is 16.9. The van der Waals surface area contributed by atoms with Crippen molar-refractivity contribution in [2.45, 2.75) is 32.2 Å². The van der Waals surface area contributed by atoms with E-state index in [0.717, 1.165) is 24.0 Å². The van der Waals surface area contributed by atoms with E-state index in [9.17, 15) is 18.0 Å². The van der Waals surface area contributed by atoms with Gasteiger partial charge < -0.3 is 15.4 Å². The van der Waals surface area contributed by atoms with Gasteiger partial charge in [0.15, 0.2) is 5.65 Å². The number of amides is 1. The van der Waals surface area contributed by atoms with E-state index < -0.39 is 18.8 Å². The highest BCUT2D eigenvalue weighted by Gasteiger charge is 2.24. The molecule has 1 aliphatic carbocycles. The number of fused-ring (bicyclic) bond motifs is 1.